The van der Waals surface area contributed by atoms with Crippen molar-refractivity contribution in [3.8, 4) is 6.07 Å². The number of aliphatic hydroxyl groups is 1. The normalized spacial score (nSPS) is 14.2. The molecule has 2 heteroatoms. The molecule has 0 aliphatic rings. The van der Waals surface area contributed by atoms with E-state index in [1.54, 1.807) is 0 Å². The van der Waals surface area contributed by atoms with Crippen LogP contribution in [-0.4, -0.2) is 11.7 Å². The first kappa shape index (κ1) is 14.7. The SMILES string of the molecule is CC(C)C(C#N)(CCCCCO)c1ccccc1. The summed E-state index contributed by atoms with van der Waals surface area (Å²) < 4.78 is 0. The van der Waals surface area contributed by atoms with Crippen LogP contribution in [0, 0.1) is 17.2 Å². The highest BCUT2D eigenvalue weighted by atomic mass is 16.2. The van der Waals surface area contributed by atoms with Gasteiger partial charge in [-0.05, 0) is 24.3 Å². The largest absolute Gasteiger partial charge is 0.396 e. The smallest absolute Gasteiger partial charge is 0.0845 e. The van der Waals surface area contributed by atoms with Crippen molar-refractivity contribution in [2.24, 2.45) is 5.92 Å². The van der Waals surface area contributed by atoms with E-state index in [9.17, 15) is 5.26 Å². The van der Waals surface area contributed by atoms with E-state index >= 15 is 0 Å². The number of nitrogens with zero attached hydrogens (tertiary/aromatic N) is 1. The van der Waals surface area contributed by atoms with Gasteiger partial charge < -0.3 is 5.11 Å². The Morgan fingerprint density at radius 3 is 2.33 bits per heavy atom. The van der Waals surface area contributed by atoms with Gasteiger partial charge in [-0.15, -0.1) is 0 Å². The lowest BCUT2D eigenvalue weighted by molar-refractivity contribution is 0.276. The number of nitriles is 1. The van der Waals surface area contributed by atoms with Crippen LogP contribution >= 0.6 is 0 Å². The highest BCUT2D eigenvalue weighted by Gasteiger charge is 2.35. The van der Waals surface area contributed by atoms with Crippen LogP contribution in [0.5, 0.6) is 0 Å². The monoisotopic (exact) mass is 245 g/mol. The van der Waals surface area contributed by atoms with E-state index in [4.69, 9.17) is 5.11 Å². The third-order valence-electron chi connectivity index (χ3n) is 3.70. The van der Waals surface area contributed by atoms with E-state index < -0.39 is 5.41 Å². The molecule has 98 valence electrons. The van der Waals surface area contributed by atoms with E-state index in [1.165, 1.54) is 0 Å². The van der Waals surface area contributed by atoms with Crippen molar-refractivity contribution < 1.29 is 5.11 Å². The fraction of sp³-hybridized carbons (Fsp3) is 0.562. The average molecular weight is 245 g/mol. The Bertz CT molecular complexity index is 380. The second-order valence-electron chi connectivity index (χ2n) is 5.14. The molecule has 2 nitrogen and oxygen atoms in total. The summed E-state index contributed by atoms with van der Waals surface area (Å²) >= 11 is 0. The number of benzene rings is 1. The van der Waals surface area contributed by atoms with Crippen LogP contribution in [0.3, 0.4) is 0 Å². The molecule has 1 unspecified atom stereocenters. The van der Waals surface area contributed by atoms with Crippen LogP contribution in [0.15, 0.2) is 30.3 Å². The maximum absolute atomic E-state index is 9.66. The lowest BCUT2D eigenvalue weighted by atomic mass is 9.69. The van der Waals surface area contributed by atoms with E-state index in [0.29, 0.717) is 5.92 Å². The molecule has 1 N–H and O–H groups in total. The van der Waals surface area contributed by atoms with Gasteiger partial charge in [0.2, 0.25) is 0 Å². The standard InChI is InChI=1S/C16H23NO/c1-14(2)16(13-17,11-7-4-8-12-18)15-9-5-3-6-10-15/h3,5-6,9-10,14,18H,4,7-8,11-12H2,1-2H3. The number of rotatable bonds is 7. The molecule has 0 radical (unpaired) electrons. The lowest BCUT2D eigenvalue weighted by Gasteiger charge is -2.31. The van der Waals surface area contributed by atoms with Gasteiger partial charge >= 0.3 is 0 Å². The summed E-state index contributed by atoms with van der Waals surface area (Å²) in [5.74, 6) is 0.291. The molecular formula is C16H23NO. The van der Waals surface area contributed by atoms with Crippen LogP contribution in [0.4, 0.5) is 0 Å². The third kappa shape index (κ3) is 3.34. The van der Waals surface area contributed by atoms with Gasteiger partial charge in [-0.3, -0.25) is 0 Å². The second kappa shape index (κ2) is 7.18. The topological polar surface area (TPSA) is 44.0 Å². The van der Waals surface area contributed by atoms with Crippen molar-refractivity contribution in [2.45, 2.75) is 44.9 Å². The van der Waals surface area contributed by atoms with Crippen molar-refractivity contribution in [1.82, 2.24) is 0 Å². The van der Waals surface area contributed by atoms with Gasteiger partial charge in [0.25, 0.3) is 0 Å². The molecule has 0 bridgehead atoms. The zero-order valence-electron chi connectivity index (χ0n) is 11.4. The van der Waals surface area contributed by atoms with E-state index in [-0.39, 0.29) is 6.61 Å². The summed E-state index contributed by atoms with van der Waals surface area (Å²) in [4.78, 5) is 0. The maximum atomic E-state index is 9.66. The molecule has 0 aromatic heterocycles. The van der Waals surface area contributed by atoms with E-state index in [2.05, 4.69) is 32.0 Å². The van der Waals surface area contributed by atoms with Crippen LogP contribution in [0.2, 0.25) is 0 Å². The molecule has 1 rings (SSSR count). The van der Waals surface area contributed by atoms with E-state index in [1.807, 2.05) is 18.2 Å². The maximum Gasteiger partial charge on any atom is 0.0845 e. The zero-order chi connectivity index (χ0) is 13.4. The molecule has 0 spiro atoms. The number of unbranched alkanes of at least 4 members (excludes halogenated alkanes) is 2. The van der Waals surface area contributed by atoms with Gasteiger partial charge in [0.1, 0.15) is 0 Å². The number of hydrogen-bond acceptors (Lipinski definition) is 2. The van der Waals surface area contributed by atoms with Gasteiger partial charge in [-0.1, -0.05) is 57.0 Å². The van der Waals surface area contributed by atoms with Crippen LogP contribution in [-0.2, 0) is 5.41 Å². The predicted molar refractivity (Wildman–Crippen MR) is 74.1 cm³/mol. The summed E-state index contributed by atoms with van der Waals surface area (Å²) in [7, 11) is 0. The molecule has 0 aliphatic heterocycles. The van der Waals surface area contributed by atoms with Gasteiger partial charge in [0, 0.05) is 6.61 Å². The van der Waals surface area contributed by atoms with Crippen LogP contribution in [0.25, 0.3) is 0 Å². The van der Waals surface area contributed by atoms with Crippen molar-refractivity contribution in [3.05, 3.63) is 35.9 Å². The fourth-order valence-corrected chi connectivity index (χ4v) is 2.44. The fourth-order valence-electron chi connectivity index (χ4n) is 2.44. The zero-order valence-corrected chi connectivity index (χ0v) is 11.4. The minimum absolute atomic E-state index is 0.243. The quantitative estimate of drug-likeness (QED) is 0.745. The molecule has 18 heavy (non-hydrogen) atoms. The molecule has 1 atom stereocenters. The highest BCUT2D eigenvalue weighted by molar-refractivity contribution is 5.33. The van der Waals surface area contributed by atoms with Crippen molar-refractivity contribution in [1.29, 1.82) is 5.26 Å². The molecular weight excluding hydrogens is 222 g/mol. The molecule has 0 aliphatic carbocycles. The van der Waals surface area contributed by atoms with E-state index in [0.717, 1.165) is 31.2 Å². The predicted octanol–water partition coefficient (Wildman–Crippen LogP) is 3.66. The molecule has 0 fully saturated rings. The molecule has 1 aromatic rings. The number of aliphatic hydroxyl groups excluding tert-OH is 1. The first-order chi connectivity index (χ1) is 8.67. The molecule has 0 heterocycles. The third-order valence-corrected chi connectivity index (χ3v) is 3.70. The first-order valence-electron chi connectivity index (χ1n) is 6.75. The molecule has 0 saturated carbocycles. The summed E-state index contributed by atoms with van der Waals surface area (Å²) in [6.45, 7) is 4.47. The van der Waals surface area contributed by atoms with Gasteiger partial charge in [0.05, 0.1) is 11.5 Å². The van der Waals surface area contributed by atoms with Crippen molar-refractivity contribution in [2.75, 3.05) is 6.61 Å². The van der Waals surface area contributed by atoms with Crippen molar-refractivity contribution in [3.63, 3.8) is 0 Å². The Morgan fingerprint density at radius 1 is 1.17 bits per heavy atom. The van der Waals surface area contributed by atoms with Gasteiger partial charge in [-0.25, -0.2) is 0 Å². The van der Waals surface area contributed by atoms with Crippen LogP contribution < -0.4 is 0 Å². The number of hydrogen-bond donors (Lipinski definition) is 1. The summed E-state index contributed by atoms with van der Waals surface area (Å²) in [5, 5.41) is 18.5. The van der Waals surface area contributed by atoms with Gasteiger partial charge in [-0.2, -0.15) is 5.26 Å². The Hall–Kier alpha value is -1.33. The summed E-state index contributed by atoms with van der Waals surface area (Å²) in [6, 6.07) is 12.6. The van der Waals surface area contributed by atoms with Crippen LogP contribution in [0.1, 0.15) is 45.1 Å². The minimum atomic E-state index is -0.392. The Balaban J connectivity index is 2.86. The average Bonchev–Trinajstić information content (AvgIpc) is 2.40. The Labute approximate surface area is 110 Å². The Morgan fingerprint density at radius 2 is 1.83 bits per heavy atom. The molecule has 0 saturated heterocycles. The van der Waals surface area contributed by atoms with Crippen molar-refractivity contribution >= 4 is 0 Å². The Kier molecular flexibility index (Phi) is 5.88. The van der Waals surface area contributed by atoms with Gasteiger partial charge in [0.15, 0.2) is 0 Å². The lowest BCUT2D eigenvalue weighted by Crippen LogP contribution is -2.30. The summed E-state index contributed by atoms with van der Waals surface area (Å²) in [6.07, 6.45) is 3.67. The first-order valence-corrected chi connectivity index (χ1v) is 6.75. The molecule has 1 aromatic carbocycles. The molecule has 0 amide bonds. The minimum Gasteiger partial charge on any atom is -0.396 e. The summed E-state index contributed by atoms with van der Waals surface area (Å²) in [5.41, 5.74) is 0.725. The highest BCUT2D eigenvalue weighted by Crippen LogP contribution is 2.36. The second-order valence-corrected chi connectivity index (χ2v) is 5.14.